The summed E-state index contributed by atoms with van der Waals surface area (Å²) in [6.07, 6.45) is 1.54. The lowest BCUT2D eigenvalue weighted by Crippen LogP contribution is -2.40. The second kappa shape index (κ2) is 4.59. The minimum atomic E-state index is -0.0115. The first-order valence-electron chi connectivity index (χ1n) is 4.76. The highest BCUT2D eigenvalue weighted by Crippen LogP contribution is 2.10. The molecule has 5 heteroatoms. The third-order valence-electron chi connectivity index (χ3n) is 2.27. The number of nitrogens with zero attached hydrogens (tertiary/aromatic N) is 2. The summed E-state index contributed by atoms with van der Waals surface area (Å²) in [5, 5.41) is 0.342. The Morgan fingerprint density at radius 1 is 1.47 bits per heavy atom. The number of halogens is 1. The van der Waals surface area contributed by atoms with E-state index in [1.165, 1.54) is 6.20 Å². The number of amides is 1. The number of ether oxygens (including phenoxy) is 1. The van der Waals surface area contributed by atoms with Gasteiger partial charge in [0.15, 0.2) is 0 Å². The van der Waals surface area contributed by atoms with Gasteiger partial charge in [-0.25, -0.2) is 4.98 Å². The van der Waals surface area contributed by atoms with Gasteiger partial charge in [0.25, 0.3) is 5.91 Å². The Hall–Kier alpha value is -1.13. The molecule has 0 aliphatic carbocycles. The second-order valence-corrected chi connectivity index (χ2v) is 3.66. The maximum Gasteiger partial charge on any atom is 0.254 e. The topological polar surface area (TPSA) is 42.4 Å². The van der Waals surface area contributed by atoms with Crippen molar-refractivity contribution in [3.05, 3.63) is 29.0 Å². The van der Waals surface area contributed by atoms with Crippen molar-refractivity contribution >= 4 is 17.5 Å². The van der Waals surface area contributed by atoms with Crippen LogP contribution in [0.1, 0.15) is 10.4 Å². The molecule has 2 rings (SSSR count). The largest absolute Gasteiger partial charge is 0.378 e. The number of carbonyl (C=O) groups excluding carboxylic acids is 1. The summed E-state index contributed by atoms with van der Waals surface area (Å²) in [6.45, 7) is 2.48. The van der Waals surface area contributed by atoms with Crippen LogP contribution in [0.5, 0.6) is 0 Å². The van der Waals surface area contributed by atoms with Crippen molar-refractivity contribution < 1.29 is 9.53 Å². The minimum Gasteiger partial charge on any atom is -0.378 e. The summed E-state index contributed by atoms with van der Waals surface area (Å²) in [5.74, 6) is -0.0115. The van der Waals surface area contributed by atoms with Crippen LogP contribution in [0.2, 0.25) is 5.15 Å². The first-order chi connectivity index (χ1) is 7.27. The fourth-order valence-electron chi connectivity index (χ4n) is 1.48. The number of pyridine rings is 1. The zero-order chi connectivity index (χ0) is 10.7. The Balaban J connectivity index is 2.12. The fourth-order valence-corrected chi connectivity index (χ4v) is 1.66. The fraction of sp³-hybridized carbons (Fsp3) is 0.400. The number of carbonyl (C=O) groups is 1. The number of rotatable bonds is 1. The predicted molar refractivity (Wildman–Crippen MR) is 56.0 cm³/mol. The highest BCUT2D eigenvalue weighted by Gasteiger charge is 2.18. The number of morpholine rings is 1. The first kappa shape index (κ1) is 10.4. The van der Waals surface area contributed by atoms with E-state index < -0.39 is 0 Å². The van der Waals surface area contributed by atoms with Crippen LogP contribution >= 0.6 is 11.6 Å². The molecule has 2 heterocycles. The summed E-state index contributed by atoms with van der Waals surface area (Å²) in [4.78, 5) is 17.5. The molecular formula is C10H11ClN2O2. The zero-order valence-electron chi connectivity index (χ0n) is 8.15. The van der Waals surface area contributed by atoms with Crippen LogP contribution in [0, 0.1) is 0 Å². The quantitative estimate of drug-likeness (QED) is 0.676. The highest BCUT2D eigenvalue weighted by atomic mass is 35.5. The maximum absolute atomic E-state index is 11.9. The average molecular weight is 227 g/mol. The van der Waals surface area contributed by atoms with E-state index in [1.54, 1.807) is 17.0 Å². The molecule has 1 aliphatic rings. The van der Waals surface area contributed by atoms with Crippen molar-refractivity contribution in [2.45, 2.75) is 0 Å². The lowest BCUT2D eigenvalue weighted by molar-refractivity contribution is 0.0303. The van der Waals surface area contributed by atoms with E-state index >= 15 is 0 Å². The van der Waals surface area contributed by atoms with E-state index in [-0.39, 0.29) is 5.91 Å². The van der Waals surface area contributed by atoms with Crippen LogP contribution in [0.4, 0.5) is 0 Å². The Kier molecular flexibility index (Phi) is 3.18. The molecule has 0 saturated carbocycles. The number of aromatic nitrogens is 1. The third kappa shape index (κ3) is 2.46. The smallest absolute Gasteiger partial charge is 0.254 e. The van der Waals surface area contributed by atoms with Gasteiger partial charge in [-0.2, -0.15) is 0 Å². The highest BCUT2D eigenvalue weighted by molar-refractivity contribution is 6.29. The van der Waals surface area contributed by atoms with Crippen molar-refractivity contribution in [1.82, 2.24) is 9.88 Å². The van der Waals surface area contributed by atoms with Gasteiger partial charge >= 0.3 is 0 Å². The number of hydrogen-bond acceptors (Lipinski definition) is 3. The van der Waals surface area contributed by atoms with Gasteiger partial charge in [-0.1, -0.05) is 11.6 Å². The third-order valence-corrected chi connectivity index (χ3v) is 2.48. The van der Waals surface area contributed by atoms with Gasteiger partial charge in [-0.05, 0) is 12.1 Å². The molecule has 0 unspecified atom stereocenters. The first-order valence-corrected chi connectivity index (χ1v) is 5.14. The van der Waals surface area contributed by atoms with E-state index in [9.17, 15) is 4.79 Å². The molecule has 1 saturated heterocycles. The zero-order valence-corrected chi connectivity index (χ0v) is 8.91. The normalized spacial score (nSPS) is 16.5. The summed E-state index contributed by atoms with van der Waals surface area (Å²) in [6, 6.07) is 3.25. The number of hydrogen-bond donors (Lipinski definition) is 0. The molecule has 0 atom stereocenters. The molecule has 0 aromatic carbocycles. The molecule has 1 fully saturated rings. The lowest BCUT2D eigenvalue weighted by atomic mass is 10.2. The summed E-state index contributed by atoms with van der Waals surface area (Å²) in [7, 11) is 0. The van der Waals surface area contributed by atoms with Crippen LogP contribution in [-0.4, -0.2) is 42.1 Å². The van der Waals surface area contributed by atoms with Gasteiger partial charge in [0.05, 0.1) is 13.2 Å². The van der Waals surface area contributed by atoms with Crippen molar-refractivity contribution in [2.24, 2.45) is 0 Å². The van der Waals surface area contributed by atoms with E-state index in [0.717, 1.165) is 0 Å². The van der Waals surface area contributed by atoms with E-state index in [4.69, 9.17) is 16.3 Å². The van der Waals surface area contributed by atoms with Crippen LogP contribution in [0.25, 0.3) is 0 Å². The van der Waals surface area contributed by atoms with E-state index in [1.807, 2.05) is 0 Å². The van der Waals surface area contributed by atoms with Crippen molar-refractivity contribution in [3.63, 3.8) is 0 Å². The van der Waals surface area contributed by atoms with Crippen LogP contribution in [0.3, 0.4) is 0 Å². The molecule has 1 amide bonds. The minimum absolute atomic E-state index is 0.0115. The monoisotopic (exact) mass is 226 g/mol. The molecule has 15 heavy (non-hydrogen) atoms. The van der Waals surface area contributed by atoms with Gasteiger partial charge in [-0.15, -0.1) is 0 Å². The molecule has 80 valence electrons. The van der Waals surface area contributed by atoms with Gasteiger partial charge in [-0.3, -0.25) is 4.79 Å². The lowest BCUT2D eigenvalue weighted by Gasteiger charge is -2.26. The van der Waals surface area contributed by atoms with Gasteiger partial charge < -0.3 is 9.64 Å². The Morgan fingerprint density at radius 3 is 2.87 bits per heavy atom. The van der Waals surface area contributed by atoms with Crippen LogP contribution < -0.4 is 0 Å². The van der Waals surface area contributed by atoms with Crippen molar-refractivity contribution in [2.75, 3.05) is 26.3 Å². The SMILES string of the molecule is O=C(c1ccnc(Cl)c1)N1CCOCC1. The van der Waals surface area contributed by atoms with Gasteiger partial charge in [0, 0.05) is 24.8 Å². The average Bonchev–Trinajstić information content (AvgIpc) is 2.29. The molecule has 1 aliphatic heterocycles. The summed E-state index contributed by atoms with van der Waals surface area (Å²) < 4.78 is 5.18. The molecule has 0 spiro atoms. The van der Waals surface area contributed by atoms with Gasteiger partial charge in [0.1, 0.15) is 5.15 Å². The Labute approximate surface area is 92.8 Å². The van der Waals surface area contributed by atoms with E-state index in [0.29, 0.717) is 37.0 Å². The van der Waals surface area contributed by atoms with E-state index in [2.05, 4.69) is 4.98 Å². The summed E-state index contributed by atoms with van der Waals surface area (Å²) in [5.41, 5.74) is 0.580. The molecular weight excluding hydrogens is 216 g/mol. The van der Waals surface area contributed by atoms with Crippen LogP contribution in [-0.2, 0) is 4.74 Å². The molecule has 4 nitrogen and oxygen atoms in total. The second-order valence-electron chi connectivity index (χ2n) is 3.27. The molecule has 0 bridgehead atoms. The Bertz CT molecular complexity index is 364. The standard InChI is InChI=1S/C10H11ClN2O2/c11-9-7-8(1-2-12-9)10(14)13-3-5-15-6-4-13/h1-2,7H,3-6H2. The molecule has 1 aromatic heterocycles. The van der Waals surface area contributed by atoms with Crippen molar-refractivity contribution in [1.29, 1.82) is 0 Å². The van der Waals surface area contributed by atoms with Crippen molar-refractivity contribution in [3.8, 4) is 0 Å². The summed E-state index contributed by atoms with van der Waals surface area (Å²) >= 11 is 5.72. The molecule has 1 aromatic rings. The predicted octanol–water partition coefficient (Wildman–Crippen LogP) is 1.21. The Morgan fingerprint density at radius 2 is 2.20 bits per heavy atom. The molecule has 0 N–H and O–H groups in total. The maximum atomic E-state index is 11.9. The van der Waals surface area contributed by atoms with Gasteiger partial charge in [0.2, 0.25) is 0 Å². The van der Waals surface area contributed by atoms with Crippen LogP contribution in [0.15, 0.2) is 18.3 Å². The molecule has 0 radical (unpaired) electrons.